The van der Waals surface area contributed by atoms with Crippen LogP contribution < -0.4 is 0 Å². The average Bonchev–Trinajstić information content (AvgIpc) is 3.52. The van der Waals surface area contributed by atoms with Crippen molar-refractivity contribution in [2.24, 2.45) is 17.8 Å². The Kier molecular flexibility index (Phi) is 6.82. The summed E-state index contributed by atoms with van der Waals surface area (Å²) >= 11 is 0. The van der Waals surface area contributed by atoms with E-state index in [9.17, 15) is 4.79 Å². The van der Waals surface area contributed by atoms with Gasteiger partial charge >= 0.3 is 0 Å². The van der Waals surface area contributed by atoms with E-state index in [0.29, 0.717) is 17.7 Å². The third-order valence-electron chi connectivity index (χ3n) is 5.20. The van der Waals surface area contributed by atoms with Gasteiger partial charge in [0.2, 0.25) is 5.91 Å². The highest BCUT2D eigenvalue weighted by atomic mass is 16.2. The number of carbonyl (C=O) groups is 1. The van der Waals surface area contributed by atoms with Gasteiger partial charge < -0.3 is 4.90 Å². The number of rotatable bonds is 2. The van der Waals surface area contributed by atoms with E-state index in [1.807, 2.05) is 31.7 Å². The number of hydrogen-bond donors (Lipinski definition) is 0. The smallest absolute Gasteiger partial charge is 0.226 e. The van der Waals surface area contributed by atoms with Crippen LogP contribution in [0.25, 0.3) is 0 Å². The number of pyridine rings is 1. The quantitative estimate of drug-likeness (QED) is 0.783. The monoisotopic (exact) mass is 330 g/mol. The molecule has 1 amide bonds. The molecule has 24 heavy (non-hydrogen) atoms. The van der Waals surface area contributed by atoms with Gasteiger partial charge in [-0.3, -0.25) is 9.78 Å². The van der Waals surface area contributed by atoms with Crippen LogP contribution in [0.3, 0.4) is 0 Å². The van der Waals surface area contributed by atoms with Gasteiger partial charge in [-0.25, -0.2) is 0 Å². The van der Waals surface area contributed by atoms with Gasteiger partial charge in [-0.15, -0.1) is 0 Å². The van der Waals surface area contributed by atoms with Crippen molar-refractivity contribution in [3.8, 4) is 0 Å². The molecule has 2 atom stereocenters. The first-order valence-electron chi connectivity index (χ1n) is 9.82. The lowest BCUT2D eigenvalue weighted by molar-refractivity contribution is -0.133. The van der Waals surface area contributed by atoms with Crippen LogP contribution in [0.2, 0.25) is 0 Å². The second kappa shape index (κ2) is 8.64. The number of hydrogen-bond acceptors (Lipinski definition) is 2. The van der Waals surface area contributed by atoms with Crippen molar-refractivity contribution >= 4 is 5.91 Å². The summed E-state index contributed by atoms with van der Waals surface area (Å²) in [7, 11) is 0. The van der Waals surface area contributed by atoms with Gasteiger partial charge in [-0.05, 0) is 36.8 Å². The Morgan fingerprint density at radius 2 is 1.96 bits per heavy atom. The van der Waals surface area contributed by atoms with Crippen molar-refractivity contribution in [2.75, 3.05) is 6.54 Å². The van der Waals surface area contributed by atoms with Gasteiger partial charge in [0.1, 0.15) is 0 Å². The summed E-state index contributed by atoms with van der Waals surface area (Å²) in [5, 5.41) is 0. The zero-order valence-electron chi connectivity index (χ0n) is 16.1. The second-order valence-corrected chi connectivity index (χ2v) is 7.24. The topological polar surface area (TPSA) is 33.2 Å². The molecular weight excluding hydrogens is 296 g/mol. The van der Waals surface area contributed by atoms with Crippen LogP contribution >= 0.6 is 0 Å². The molecule has 2 fully saturated rings. The fraction of sp³-hybridized carbons (Fsp3) is 0.714. The zero-order valence-corrected chi connectivity index (χ0v) is 16.1. The summed E-state index contributed by atoms with van der Waals surface area (Å²) in [6, 6.07) is 4.15. The highest BCUT2D eigenvalue weighted by Gasteiger charge is 2.42. The van der Waals surface area contributed by atoms with Crippen LogP contribution in [0, 0.1) is 24.7 Å². The molecule has 0 aromatic carbocycles. The molecule has 2 aliphatic carbocycles. The summed E-state index contributed by atoms with van der Waals surface area (Å²) in [6.07, 6.45) is 6.42. The maximum absolute atomic E-state index is 12.2. The number of aryl methyl sites for hydroxylation is 1. The molecule has 0 spiro atoms. The van der Waals surface area contributed by atoms with E-state index in [1.54, 1.807) is 0 Å². The van der Waals surface area contributed by atoms with Crippen molar-refractivity contribution in [2.45, 2.75) is 73.3 Å². The molecule has 2 heterocycles. The first-order chi connectivity index (χ1) is 11.6. The van der Waals surface area contributed by atoms with Crippen LogP contribution in [0.15, 0.2) is 12.1 Å². The maximum atomic E-state index is 12.2. The van der Waals surface area contributed by atoms with Crippen molar-refractivity contribution in [1.82, 2.24) is 9.88 Å². The highest BCUT2D eigenvalue weighted by molar-refractivity contribution is 5.81. The Labute approximate surface area is 147 Å². The molecule has 2 saturated carbocycles. The molecule has 3 aliphatic rings. The van der Waals surface area contributed by atoms with Crippen LogP contribution in [-0.4, -0.2) is 22.3 Å². The van der Waals surface area contributed by atoms with E-state index in [4.69, 9.17) is 0 Å². The van der Waals surface area contributed by atoms with Gasteiger partial charge in [0.15, 0.2) is 0 Å². The Hall–Kier alpha value is -1.38. The van der Waals surface area contributed by atoms with Crippen LogP contribution in [0.1, 0.15) is 70.3 Å². The predicted octanol–water partition coefficient (Wildman–Crippen LogP) is 4.76. The fourth-order valence-electron chi connectivity index (χ4n) is 3.14. The normalized spacial score (nSPS) is 24.0. The van der Waals surface area contributed by atoms with Gasteiger partial charge in [0.05, 0.1) is 0 Å². The van der Waals surface area contributed by atoms with Crippen molar-refractivity contribution in [3.63, 3.8) is 0 Å². The van der Waals surface area contributed by atoms with Gasteiger partial charge in [-0.2, -0.15) is 0 Å². The van der Waals surface area contributed by atoms with E-state index in [0.717, 1.165) is 37.5 Å². The number of fused-ring (bicyclic) bond motifs is 1. The Morgan fingerprint density at radius 3 is 2.46 bits per heavy atom. The predicted molar refractivity (Wildman–Crippen MR) is 99.7 cm³/mol. The van der Waals surface area contributed by atoms with Crippen molar-refractivity contribution in [1.29, 1.82) is 0 Å². The SMILES string of the molecule is CC.CCC1CC1.Cc1ccc2c(n1)CCN(C(=O)C1CC1C)C2. The lowest BCUT2D eigenvalue weighted by Crippen LogP contribution is -2.37. The fourth-order valence-corrected chi connectivity index (χ4v) is 3.14. The molecule has 4 rings (SSSR count). The minimum absolute atomic E-state index is 0.301. The lowest BCUT2D eigenvalue weighted by Gasteiger charge is -2.28. The largest absolute Gasteiger partial charge is 0.338 e. The van der Waals surface area contributed by atoms with E-state index in [-0.39, 0.29) is 0 Å². The molecule has 0 bridgehead atoms. The molecule has 134 valence electrons. The number of aromatic nitrogens is 1. The molecule has 3 nitrogen and oxygen atoms in total. The minimum Gasteiger partial charge on any atom is -0.338 e. The van der Waals surface area contributed by atoms with E-state index in [1.165, 1.54) is 30.5 Å². The Bertz CT molecular complexity index is 551. The summed E-state index contributed by atoms with van der Waals surface area (Å²) in [5.41, 5.74) is 3.47. The summed E-state index contributed by atoms with van der Waals surface area (Å²) in [6.45, 7) is 12.0. The van der Waals surface area contributed by atoms with Crippen LogP contribution in [-0.2, 0) is 17.8 Å². The van der Waals surface area contributed by atoms with Gasteiger partial charge in [-0.1, -0.05) is 53.0 Å². The minimum atomic E-state index is 0.301. The molecule has 2 unspecified atom stereocenters. The molecule has 0 saturated heterocycles. The molecule has 1 aliphatic heterocycles. The Balaban J connectivity index is 0.000000252. The maximum Gasteiger partial charge on any atom is 0.226 e. The average molecular weight is 331 g/mol. The molecule has 0 N–H and O–H groups in total. The first-order valence-corrected chi connectivity index (χ1v) is 9.82. The lowest BCUT2D eigenvalue weighted by atomic mass is 10.0. The number of nitrogens with zero attached hydrogens (tertiary/aromatic N) is 2. The van der Waals surface area contributed by atoms with Crippen LogP contribution in [0.4, 0.5) is 0 Å². The van der Waals surface area contributed by atoms with Crippen LogP contribution in [0.5, 0.6) is 0 Å². The Morgan fingerprint density at radius 1 is 1.29 bits per heavy atom. The van der Waals surface area contributed by atoms with Gasteiger partial charge in [0.25, 0.3) is 0 Å². The zero-order chi connectivity index (χ0) is 17.7. The standard InChI is InChI=1S/C14H18N2O.C5H10.C2H6/c1-9-7-12(9)14(17)16-6-5-13-11(8-16)4-3-10(2)15-13;1-2-5-3-4-5;1-2/h3-4,9,12H,5-8H2,1-2H3;5H,2-4H2,1H3;1-2H3. The summed E-state index contributed by atoms with van der Waals surface area (Å²) in [5.74, 6) is 2.38. The second-order valence-electron chi connectivity index (χ2n) is 7.24. The van der Waals surface area contributed by atoms with E-state index < -0.39 is 0 Å². The molecule has 3 heteroatoms. The van der Waals surface area contributed by atoms with E-state index in [2.05, 4.69) is 24.9 Å². The van der Waals surface area contributed by atoms with E-state index >= 15 is 0 Å². The summed E-state index contributed by atoms with van der Waals surface area (Å²) in [4.78, 5) is 18.7. The third-order valence-corrected chi connectivity index (χ3v) is 5.20. The molecule has 1 aromatic heterocycles. The van der Waals surface area contributed by atoms with Gasteiger partial charge in [0, 0.05) is 36.8 Å². The highest BCUT2D eigenvalue weighted by Crippen LogP contribution is 2.39. The van der Waals surface area contributed by atoms with Crippen molar-refractivity contribution in [3.05, 3.63) is 29.1 Å². The number of carbonyl (C=O) groups excluding carboxylic acids is 1. The summed E-state index contributed by atoms with van der Waals surface area (Å²) < 4.78 is 0. The molecular formula is C21H34N2O. The number of amides is 1. The first kappa shape index (κ1) is 19.0. The molecule has 0 radical (unpaired) electrons. The molecule has 1 aromatic rings. The van der Waals surface area contributed by atoms with Crippen molar-refractivity contribution < 1.29 is 4.79 Å². The third kappa shape index (κ3) is 5.06.